The highest BCUT2D eigenvalue weighted by Gasteiger charge is 2.07. The van der Waals surface area contributed by atoms with E-state index in [-0.39, 0.29) is 0 Å². The van der Waals surface area contributed by atoms with Gasteiger partial charge in [-0.25, -0.2) is 0 Å². The van der Waals surface area contributed by atoms with E-state index in [0.29, 0.717) is 0 Å². The van der Waals surface area contributed by atoms with Gasteiger partial charge in [0.05, 0.1) is 0 Å². The van der Waals surface area contributed by atoms with Gasteiger partial charge in [0.2, 0.25) is 0 Å². The van der Waals surface area contributed by atoms with Crippen molar-refractivity contribution in [2.24, 2.45) is 0 Å². The first kappa shape index (κ1) is 14.3. The molecule has 0 aliphatic rings. The van der Waals surface area contributed by atoms with Crippen molar-refractivity contribution in [1.29, 1.82) is 0 Å². The third-order valence-corrected chi connectivity index (χ3v) is 3.30. The zero-order valence-electron chi connectivity index (χ0n) is 9.35. The quantitative estimate of drug-likeness (QED) is 0.691. The van der Waals surface area contributed by atoms with Crippen molar-refractivity contribution in [3.8, 4) is 0 Å². The second kappa shape index (κ2) is 7.54. The molecule has 0 aliphatic heterocycles. The second-order valence-corrected chi connectivity index (χ2v) is 5.34. The van der Waals surface area contributed by atoms with Crippen LogP contribution >= 0.6 is 39.1 Å². The summed E-state index contributed by atoms with van der Waals surface area (Å²) >= 11 is 15.6. The first-order chi connectivity index (χ1) is 7.67. The Labute approximate surface area is 116 Å². The van der Waals surface area contributed by atoms with Crippen LogP contribution in [0.4, 0.5) is 0 Å². The van der Waals surface area contributed by atoms with Crippen LogP contribution in [0.3, 0.4) is 0 Å². The first-order valence-electron chi connectivity index (χ1n) is 5.39. The van der Waals surface area contributed by atoms with E-state index >= 15 is 0 Å². The van der Waals surface area contributed by atoms with Crippen LogP contribution < -0.4 is 0 Å². The molecule has 0 atom stereocenters. The number of benzene rings is 1. The average molecular weight is 325 g/mol. The maximum Gasteiger partial charge on any atom is 0.0452 e. The van der Waals surface area contributed by atoms with Gasteiger partial charge in [-0.05, 0) is 36.7 Å². The second-order valence-electron chi connectivity index (χ2n) is 3.70. The molecular formula is C12H16BrCl2N. The first-order valence-corrected chi connectivity index (χ1v) is 7.27. The van der Waals surface area contributed by atoms with Crippen LogP contribution in [0, 0.1) is 0 Å². The van der Waals surface area contributed by atoms with Gasteiger partial charge in [-0.2, -0.15) is 0 Å². The van der Waals surface area contributed by atoms with Crippen molar-refractivity contribution in [3.63, 3.8) is 0 Å². The van der Waals surface area contributed by atoms with Gasteiger partial charge in [0.15, 0.2) is 0 Å². The van der Waals surface area contributed by atoms with E-state index in [1.165, 1.54) is 0 Å². The molecule has 16 heavy (non-hydrogen) atoms. The monoisotopic (exact) mass is 323 g/mol. The summed E-state index contributed by atoms with van der Waals surface area (Å²) in [6, 6.07) is 5.63. The van der Waals surface area contributed by atoms with Crippen molar-refractivity contribution < 1.29 is 0 Å². The van der Waals surface area contributed by atoms with Crippen LogP contribution in [-0.4, -0.2) is 23.3 Å². The Hall–Kier alpha value is 0.240. The summed E-state index contributed by atoms with van der Waals surface area (Å²) in [7, 11) is 0. The van der Waals surface area contributed by atoms with Crippen LogP contribution in [0.5, 0.6) is 0 Å². The minimum atomic E-state index is 0.745. The standard InChI is InChI=1S/C12H16BrCl2N/c1-2-6-16(7-5-13)9-10-8-11(14)3-4-12(10)15/h3-4,8H,2,5-7,9H2,1H3. The van der Waals surface area contributed by atoms with Crippen molar-refractivity contribution in [3.05, 3.63) is 33.8 Å². The van der Waals surface area contributed by atoms with Gasteiger partial charge >= 0.3 is 0 Å². The molecule has 0 aromatic heterocycles. The van der Waals surface area contributed by atoms with Crippen molar-refractivity contribution in [1.82, 2.24) is 4.90 Å². The Morgan fingerprint density at radius 1 is 1.25 bits per heavy atom. The SMILES string of the molecule is CCCN(CCBr)Cc1cc(Cl)ccc1Cl. The summed E-state index contributed by atoms with van der Waals surface area (Å²) in [5, 5.41) is 2.51. The summed E-state index contributed by atoms with van der Waals surface area (Å²) in [5.74, 6) is 0. The minimum absolute atomic E-state index is 0.745. The lowest BCUT2D eigenvalue weighted by Crippen LogP contribution is -2.26. The maximum atomic E-state index is 6.14. The highest BCUT2D eigenvalue weighted by atomic mass is 79.9. The number of hydrogen-bond acceptors (Lipinski definition) is 1. The van der Waals surface area contributed by atoms with Crippen LogP contribution in [0.15, 0.2) is 18.2 Å². The van der Waals surface area contributed by atoms with Crippen molar-refractivity contribution in [2.45, 2.75) is 19.9 Å². The zero-order valence-corrected chi connectivity index (χ0v) is 12.4. The van der Waals surface area contributed by atoms with Gasteiger partial charge in [-0.1, -0.05) is 46.1 Å². The summed E-state index contributed by atoms with van der Waals surface area (Å²) in [5.41, 5.74) is 1.10. The fraction of sp³-hybridized carbons (Fsp3) is 0.500. The summed E-state index contributed by atoms with van der Waals surface area (Å²) in [6.45, 7) is 5.14. The van der Waals surface area contributed by atoms with Crippen molar-refractivity contribution >= 4 is 39.1 Å². The molecule has 1 aromatic rings. The molecule has 4 heteroatoms. The van der Waals surface area contributed by atoms with Crippen LogP contribution in [0.25, 0.3) is 0 Å². The summed E-state index contributed by atoms with van der Waals surface area (Å²) in [4.78, 5) is 2.37. The third-order valence-electron chi connectivity index (χ3n) is 2.34. The van der Waals surface area contributed by atoms with E-state index in [0.717, 1.165) is 47.0 Å². The molecule has 90 valence electrons. The number of nitrogens with zero attached hydrogens (tertiary/aromatic N) is 1. The summed E-state index contributed by atoms with van der Waals surface area (Å²) in [6.07, 6.45) is 1.14. The predicted octanol–water partition coefficient (Wildman–Crippen LogP) is 4.60. The topological polar surface area (TPSA) is 3.24 Å². The molecule has 0 aliphatic carbocycles. The highest BCUT2D eigenvalue weighted by molar-refractivity contribution is 9.09. The van der Waals surface area contributed by atoms with Gasteiger partial charge in [0, 0.05) is 28.5 Å². The molecule has 0 radical (unpaired) electrons. The van der Waals surface area contributed by atoms with E-state index in [2.05, 4.69) is 27.8 Å². The van der Waals surface area contributed by atoms with E-state index in [1.54, 1.807) is 0 Å². The van der Waals surface area contributed by atoms with Gasteiger partial charge < -0.3 is 0 Å². The predicted molar refractivity (Wildman–Crippen MR) is 75.8 cm³/mol. The molecule has 1 nitrogen and oxygen atoms in total. The molecule has 1 aromatic carbocycles. The highest BCUT2D eigenvalue weighted by Crippen LogP contribution is 2.22. The molecule has 0 amide bonds. The lowest BCUT2D eigenvalue weighted by molar-refractivity contribution is 0.284. The van der Waals surface area contributed by atoms with Crippen molar-refractivity contribution in [2.75, 3.05) is 18.4 Å². The zero-order chi connectivity index (χ0) is 12.0. The lowest BCUT2D eigenvalue weighted by atomic mass is 10.2. The van der Waals surface area contributed by atoms with Gasteiger partial charge in [-0.3, -0.25) is 4.90 Å². The molecule has 0 spiro atoms. The van der Waals surface area contributed by atoms with E-state index in [1.807, 2.05) is 18.2 Å². The molecule has 0 N–H and O–H groups in total. The normalized spacial score (nSPS) is 11.1. The van der Waals surface area contributed by atoms with Gasteiger partial charge in [-0.15, -0.1) is 0 Å². The number of halogens is 3. The largest absolute Gasteiger partial charge is 0.298 e. The maximum absolute atomic E-state index is 6.14. The Kier molecular flexibility index (Phi) is 6.74. The Morgan fingerprint density at radius 2 is 2.00 bits per heavy atom. The fourth-order valence-corrected chi connectivity index (χ4v) is 2.48. The summed E-state index contributed by atoms with van der Waals surface area (Å²) < 4.78 is 0. The van der Waals surface area contributed by atoms with Gasteiger partial charge in [0.25, 0.3) is 0 Å². The Balaban J connectivity index is 2.71. The molecule has 0 saturated carbocycles. The van der Waals surface area contributed by atoms with Crippen LogP contribution in [0.1, 0.15) is 18.9 Å². The molecule has 0 saturated heterocycles. The number of hydrogen-bond donors (Lipinski definition) is 0. The molecule has 0 unspecified atom stereocenters. The van der Waals surface area contributed by atoms with Gasteiger partial charge in [0.1, 0.15) is 0 Å². The Morgan fingerprint density at radius 3 is 2.62 bits per heavy atom. The molecule has 0 fully saturated rings. The molecule has 0 heterocycles. The Bertz CT molecular complexity index is 325. The van der Waals surface area contributed by atoms with E-state index < -0.39 is 0 Å². The minimum Gasteiger partial charge on any atom is -0.298 e. The average Bonchev–Trinajstić information content (AvgIpc) is 2.24. The molecular weight excluding hydrogens is 309 g/mol. The fourth-order valence-electron chi connectivity index (χ4n) is 1.61. The van der Waals surface area contributed by atoms with E-state index in [4.69, 9.17) is 23.2 Å². The van der Waals surface area contributed by atoms with Crippen LogP contribution in [0.2, 0.25) is 10.0 Å². The molecule has 0 bridgehead atoms. The van der Waals surface area contributed by atoms with E-state index in [9.17, 15) is 0 Å². The third kappa shape index (κ3) is 4.62. The smallest absolute Gasteiger partial charge is 0.0452 e. The molecule has 1 rings (SSSR count). The number of alkyl halides is 1. The van der Waals surface area contributed by atoms with Crippen LogP contribution in [-0.2, 0) is 6.54 Å². The lowest BCUT2D eigenvalue weighted by Gasteiger charge is -2.21. The number of rotatable bonds is 6.